The van der Waals surface area contributed by atoms with E-state index in [1.54, 1.807) is 74.1 Å². The summed E-state index contributed by atoms with van der Waals surface area (Å²) in [5.41, 5.74) is 2.85. The summed E-state index contributed by atoms with van der Waals surface area (Å²) in [7, 11) is 1.58. The molecule has 0 bridgehead atoms. The summed E-state index contributed by atoms with van der Waals surface area (Å²) in [5.74, 6) is 0.392. The number of methoxy groups -OCH3 is 1. The minimum Gasteiger partial charge on any atom is -0.497 e. The number of nitrogens with one attached hydrogen (secondary N) is 1. The monoisotopic (exact) mass is 462 g/mol. The van der Waals surface area contributed by atoms with E-state index in [0.717, 1.165) is 16.0 Å². The fraction of sp³-hybridized carbons (Fsp3) is 0.0800. The van der Waals surface area contributed by atoms with Crippen molar-refractivity contribution in [3.63, 3.8) is 0 Å². The second kappa shape index (κ2) is 9.77. The highest BCUT2D eigenvalue weighted by atomic mass is 35.5. The number of carbonyl (C=O) groups excluding carboxylic acids is 2. The molecule has 7 heteroatoms. The molecule has 0 saturated carbocycles. The van der Waals surface area contributed by atoms with Crippen LogP contribution in [0.25, 0.3) is 10.4 Å². The molecule has 4 rings (SSSR count). The Kier molecular flexibility index (Phi) is 6.63. The highest BCUT2D eigenvalue weighted by molar-refractivity contribution is 7.17. The van der Waals surface area contributed by atoms with Gasteiger partial charge in [-0.3, -0.25) is 14.6 Å². The zero-order chi connectivity index (χ0) is 22.5. The Morgan fingerprint density at radius 1 is 1.06 bits per heavy atom. The molecule has 0 aliphatic carbocycles. The molecule has 2 aromatic carbocycles. The Hall–Kier alpha value is -3.48. The summed E-state index contributed by atoms with van der Waals surface area (Å²) in [6.07, 6.45) is 3.35. The van der Waals surface area contributed by atoms with Crippen molar-refractivity contribution in [1.82, 2.24) is 4.98 Å². The number of ketones is 1. The van der Waals surface area contributed by atoms with Crippen molar-refractivity contribution in [2.75, 3.05) is 12.4 Å². The number of pyridine rings is 1. The summed E-state index contributed by atoms with van der Waals surface area (Å²) in [6.45, 7) is 0. The topological polar surface area (TPSA) is 68.3 Å². The molecule has 0 spiro atoms. The number of hydrogen-bond acceptors (Lipinski definition) is 5. The Morgan fingerprint density at radius 3 is 2.47 bits per heavy atom. The predicted octanol–water partition coefficient (Wildman–Crippen LogP) is 5.88. The largest absolute Gasteiger partial charge is 0.497 e. The van der Waals surface area contributed by atoms with Gasteiger partial charge in [0, 0.05) is 21.7 Å². The van der Waals surface area contributed by atoms with Gasteiger partial charge in [-0.1, -0.05) is 23.7 Å². The molecule has 2 aromatic heterocycles. The summed E-state index contributed by atoms with van der Waals surface area (Å²) in [4.78, 5) is 31.2. The number of nitrogens with zero attached hydrogens (tertiary/aromatic N) is 1. The van der Waals surface area contributed by atoms with Crippen LogP contribution >= 0.6 is 22.9 Å². The molecule has 5 nitrogen and oxygen atoms in total. The predicted molar refractivity (Wildman–Crippen MR) is 128 cm³/mol. The molecule has 0 aliphatic rings. The first-order chi connectivity index (χ1) is 15.5. The van der Waals surface area contributed by atoms with E-state index in [-0.39, 0.29) is 18.1 Å². The fourth-order valence-corrected chi connectivity index (χ4v) is 4.49. The van der Waals surface area contributed by atoms with Crippen LogP contribution in [0.2, 0.25) is 5.02 Å². The minimum absolute atomic E-state index is 0.105. The number of rotatable bonds is 7. The van der Waals surface area contributed by atoms with Crippen molar-refractivity contribution in [3.05, 3.63) is 100 Å². The van der Waals surface area contributed by atoms with Crippen molar-refractivity contribution < 1.29 is 14.3 Å². The lowest BCUT2D eigenvalue weighted by Crippen LogP contribution is -2.14. The zero-order valence-corrected chi connectivity index (χ0v) is 18.7. The van der Waals surface area contributed by atoms with E-state index in [1.807, 2.05) is 12.1 Å². The lowest BCUT2D eigenvalue weighted by molar-refractivity contribution is -0.115. The fourth-order valence-electron chi connectivity index (χ4n) is 3.22. The number of amides is 1. The van der Waals surface area contributed by atoms with E-state index in [1.165, 1.54) is 11.3 Å². The van der Waals surface area contributed by atoms with Gasteiger partial charge < -0.3 is 10.1 Å². The summed E-state index contributed by atoms with van der Waals surface area (Å²) in [6, 6.07) is 19.7. The average molecular weight is 463 g/mol. The maximum atomic E-state index is 13.1. The number of hydrogen-bond donors (Lipinski definition) is 1. The van der Waals surface area contributed by atoms with Crippen molar-refractivity contribution in [2.24, 2.45) is 0 Å². The highest BCUT2D eigenvalue weighted by Crippen LogP contribution is 2.35. The second-order valence-electron chi connectivity index (χ2n) is 7.00. The number of benzene rings is 2. The number of ether oxygens (including phenoxy) is 1. The minimum atomic E-state index is -0.186. The number of halogens is 1. The van der Waals surface area contributed by atoms with Gasteiger partial charge in [-0.25, -0.2) is 0 Å². The van der Waals surface area contributed by atoms with Gasteiger partial charge in [0.2, 0.25) is 11.7 Å². The van der Waals surface area contributed by atoms with Gasteiger partial charge in [0.15, 0.2) is 0 Å². The number of anilines is 1. The lowest BCUT2D eigenvalue weighted by atomic mass is 10.0. The quantitative estimate of drug-likeness (QED) is 0.348. The second-order valence-corrected chi connectivity index (χ2v) is 8.48. The number of carbonyl (C=O) groups is 2. The van der Waals surface area contributed by atoms with E-state index < -0.39 is 0 Å². The molecular formula is C25H19ClN2O3S. The molecule has 0 atom stereocenters. The molecule has 0 unspecified atom stereocenters. The van der Waals surface area contributed by atoms with Gasteiger partial charge >= 0.3 is 0 Å². The van der Waals surface area contributed by atoms with E-state index in [2.05, 4.69) is 10.3 Å². The highest BCUT2D eigenvalue weighted by Gasteiger charge is 2.19. The van der Waals surface area contributed by atoms with Crippen LogP contribution in [0.4, 0.5) is 5.69 Å². The number of aromatic nitrogens is 1. The van der Waals surface area contributed by atoms with Crippen molar-refractivity contribution in [1.29, 1.82) is 0 Å². The first kappa shape index (κ1) is 21.7. The van der Waals surface area contributed by atoms with Crippen LogP contribution in [0.1, 0.15) is 20.8 Å². The normalized spacial score (nSPS) is 10.6. The van der Waals surface area contributed by atoms with E-state index in [0.29, 0.717) is 26.9 Å². The third-order valence-electron chi connectivity index (χ3n) is 4.79. The molecule has 1 N–H and O–H groups in total. The van der Waals surface area contributed by atoms with Crippen LogP contribution in [-0.2, 0) is 11.2 Å². The van der Waals surface area contributed by atoms with E-state index in [9.17, 15) is 9.59 Å². The first-order valence-corrected chi connectivity index (χ1v) is 11.0. The summed E-state index contributed by atoms with van der Waals surface area (Å²) in [5, 5.41) is 3.47. The van der Waals surface area contributed by atoms with Gasteiger partial charge in [-0.2, -0.15) is 0 Å². The van der Waals surface area contributed by atoms with Crippen molar-refractivity contribution in [3.8, 4) is 16.2 Å². The van der Waals surface area contributed by atoms with Gasteiger partial charge in [-0.15, -0.1) is 11.3 Å². The summed E-state index contributed by atoms with van der Waals surface area (Å²) >= 11 is 7.41. The van der Waals surface area contributed by atoms with Crippen molar-refractivity contribution >= 4 is 40.3 Å². The Labute approximate surface area is 194 Å². The van der Waals surface area contributed by atoms with E-state index in [4.69, 9.17) is 16.3 Å². The molecule has 1 amide bonds. The molecular weight excluding hydrogens is 444 g/mol. The smallest absolute Gasteiger partial charge is 0.228 e. The van der Waals surface area contributed by atoms with Gasteiger partial charge in [0.25, 0.3) is 0 Å². The Balaban J connectivity index is 1.65. The van der Waals surface area contributed by atoms with Crippen LogP contribution in [-0.4, -0.2) is 23.8 Å². The van der Waals surface area contributed by atoms with Crippen LogP contribution in [0.3, 0.4) is 0 Å². The van der Waals surface area contributed by atoms with Crippen LogP contribution < -0.4 is 10.1 Å². The van der Waals surface area contributed by atoms with Crippen LogP contribution in [0, 0.1) is 0 Å². The maximum absolute atomic E-state index is 13.1. The maximum Gasteiger partial charge on any atom is 0.228 e. The summed E-state index contributed by atoms with van der Waals surface area (Å²) < 4.78 is 5.17. The Bertz CT molecular complexity index is 1240. The molecule has 0 radical (unpaired) electrons. The molecule has 160 valence electrons. The van der Waals surface area contributed by atoms with Crippen LogP contribution in [0.5, 0.6) is 5.75 Å². The molecule has 32 heavy (non-hydrogen) atoms. The standard InChI is InChI=1S/C25H19ClN2O3S/c1-31-21-10-6-16(7-11-21)24(30)22-13-18(14-23(29)28-20-3-2-12-27-15-20)25(32-22)17-4-8-19(26)9-5-17/h2-13,15H,14H2,1H3,(H,28,29). The van der Waals surface area contributed by atoms with E-state index >= 15 is 0 Å². The van der Waals surface area contributed by atoms with Crippen molar-refractivity contribution in [2.45, 2.75) is 6.42 Å². The molecule has 0 aliphatic heterocycles. The van der Waals surface area contributed by atoms with Gasteiger partial charge in [0.05, 0.1) is 30.3 Å². The zero-order valence-electron chi connectivity index (χ0n) is 17.2. The third-order valence-corrected chi connectivity index (χ3v) is 6.26. The van der Waals surface area contributed by atoms with Crippen LogP contribution in [0.15, 0.2) is 79.1 Å². The first-order valence-electron chi connectivity index (χ1n) is 9.81. The molecule has 2 heterocycles. The van der Waals surface area contributed by atoms with Gasteiger partial charge in [0.1, 0.15) is 5.75 Å². The SMILES string of the molecule is COc1ccc(C(=O)c2cc(CC(=O)Nc3cccnc3)c(-c3ccc(Cl)cc3)s2)cc1. The molecule has 0 saturated heterocycles. The molecule has 0 fully saturated rings. The number of thiophene rings is 1. The third kappa shape index (κ3) is 5.04. The Morgan fingerprint density at radius 2 is 1.81 bits per heavy atom. The van der Waals surface area contributed by atoms with Gasteiger partial charge in [-0.05, 0) is 65.7 Å². The lowest BCUT2D eigenvalue weighted by Gasteiger charge is -2.06. The average Bonchev–Trinajstić information content (AvgIpc) is 3.23. The molecule has 4 aromatic rings.